The average molecular weight is 467 g/mol. The quantitative estimate of drug-likeness (QED) is 0.535. The number of nitrogens with one attached hydrogen (secondary N) is 1. The number of rotatable bonds is 7. The van der Waals surface area contributed by atoms with Gasteiger partial charge in [0.15, 0.2) is 5.78 Å². The molecule has 180 valence electrons. The number of nitrogens with zero attached hydrogens (tertiary/aromatic N) is 3. The highest BCUT2D eigenvalue weighted by Gasteiger charge is 2.28. The molecule has 1 saturated heterocycles. The summed E-state index contributed by atoms with van der Waals surface area (Å²) in [6, 6.07) is 8.47. The van der Waals surface area contributed by atoms with Crippen LogP contribution in [0.4, 0.5) is 4.39 Å². The molecule has 4 rings (SSSR count). The predicted molar refractivity (Wildman–Crippen MR) is 128 cm³/mol. The van der Waals surface area contributed by atoms with Crippen molar-refractivity contribution in [2.75, 3.05) is 13.1 Å². The van der Waals surface area contributed by atoms with Crippen LogP contribution in [0.1, 0.15) is 61.3 Å². The zero-order chi connectivity index (χ0) is 24.5. The molecule has 3 heterocycles. The largest absolute Gasteiger partial charge is 0.343 e. The van der Waals surface area contributed by atoms with Crippen LogP contribution in [0, 0.1) is 5.92 Å². The number of likely N-dealkylation sites (tertiary alicyclic amines) is 1. The van der Waals surface area contributed by atoms with Gasteiger partial charge in [0.05, 0.1) is 5.39 Å². The van der Waals surface area contributed by atoms with E-state index in [1.54, 1.807) is 41.1 Å². The molecule has 0 atom stereocenters. The molecule has 1 aliphatic heterocycles. The van der Waals surface area contributed by atoms with Gasteiger partial charge in [-0.05, 0) is 44.7 Å². The molecule has 1 amide bonds. The number of Topliss-reactive ketones (excluding diaryl/α,β-unsaturated/α-hetero) is 1. The molecule has 1 aromatic carbocycles. The average Bonchev–Trinajstić information content (AvgIpc) is 3.19. The summed E-state index contributed by atoms with van der Waals surface area (Å²) in [5, 5.41) is 0.557. The zero-order valence-corrected chi connectivity index (χ0v) is 19.9. The maximum atomic E-state index is 14.1. The minimum Gasteiger partial charge on any atom is -0.343 e. The third-order valence-corrected chi connectivity index (χ3v) is 6.66. The molecular weight excluding hydrogens is 435 g/mol. The molecular formula is C26H31FN4O3. The SMILES string of the molecule is Cn1ccc2c(=O)[nH]c(CCCC(=O)N3CCC(C(=O)c4ccc(C(C)(C)F)cc4)CC3)nc21. The van der Waals surface area contributed by atoms with Crippen molar-refractivity contribution >= 4 is 22.7 Å². The molecule has 1 fully saturated rings. The Kier molecular flexibility index (Phi) is 6.68. The number of hydrogen-bond donors (Lipinski definition) is 1. The number of halogens is 1. The number of hydrogen-bond acceptors (Lipinski definition) is 4. The van der Waals surface area contributed by atoms with Crippen molar-refractivity contribution in [3.63, 3.8) is 0 Å². The number of aromatic nitrogens is 3. The highest BCUT2D eigenvalue weighted by atomic mass is 19.1. The highest BCUT2D eigenvalue weighted by molar-refractivity contribution is 5.98. The number of aromatic amines is 1. The zero-order valence-electron chi connectivity index (χ0n) is 19.9. The summed E-state index contributed by atoms with van der Waals surface area (Å²) in [4.78, 5) is 46.8. The number of H-pyrrole nitrogens is 1. The maximum absolute atomic E-state index is 14.1. The van der Waals surface area contributed by atoms with Gasteiger partial charge in [-0.15, -0.1) is 0 Å². The van der Waals surface area contributed by atoms with Gasteiger partial charge in [0.2, 0.25) is 5.91 Å². The molecule has 3 aromatic rings. The van der Waals surface area contributed by atoms with Gasteiger partial charge in [-0.25, -0.2) is 9.37 Å². The van der Waals surface area contributed by atoms with E-state index >= 15 is 0 Å². The summed E-state index contributed by atoms with van der Waals surface area (Å²) < 4.78 is 15.9. The fraction of sp³-hybridized carbons (Fsp3) is 0.462. The first-order valence-corrected chi connectivity index (χ1v) is 11.8. The Morgan fingerprint density at radius 3 is 2.47 bits per heavy atom. The fourth-order valence-electron chi connectivity index (χ4n) is 4.53. The standard InChI is InChI=1S/C26H31FN4O3/c1-26(2,27)19-9-7-17(8-10-19)23(33)18-11-15-31(16-12-18)22(32)6-4-5-21-28-24-20(25(34)29-21)13-14-30(24)3/h7-10,13-14,18H,4-6,11-12,15-16H2,1-3H3,(H,28,29,34). The van der Waals surface area contributed by atoms with Gasteiger partial charge in [0, 0.05) is 50.7 Å². The number of carbonyl (C=O) groups excluding carboxylic acids is 2. The van der Waals surface area contributed by atoms with Crippen molar-refractivity contribution in [2.24, 2.45) is 13.0 Å². The van der Waals surface area contributed by atoms with Crippen LogP contribution in [-0.4, -0.2) is 44.2 Å². The Labute approximate surface area is 198 Å². The molecule has 0 radical (unpaired) electrons. The summed E-state index contributed by atoms with van der Waals surface area (Å²) in [7, 11) is 1.84. The number of carbonyl (C=O) groups is 2. The molecule has 0 saturated carbocycles. The molecule has 8 heteroatoms. The van der Waals surface area contributed by atoms with Gasteiger partial charge in [-0.2, -0.15) is 0 Å². The summed E-state index contributed by atoms with van der Waals surface area (Å²) in [5.74, 6) is 0.572. The topological polar surface area (TPSA) is 88.1 Å². The first-order chi connectivity index (χ1) is 16.1. The van der Waals surface area contributed by atoms with Crippen molar-refractivity contribution in [3.05, 3.63) is 63.8 Å². The molecule has 0 spiro atoms. The maximum Gasteiger partial charge on any atom is 0.260 e. The number of aryl methyl sites for hydroxylation is 2. The number of ketones is 1. The normalized spacial score (nSPS) is 15.1. The van der Waals surface area contributed by atoms with E-state index in [0.717, 1.165) is 0 Å². The van der Waals surface area contributed by atoms with Crippen LogP contribution < -0.4 is 5.56 Å². The van der Waals surface area contributed by atoms with Crippen molar-refractivity contribution in [1.29, 1.82) is 0 Å². The van der Waals surface area contributed by atoms with E-state index < -0.39 is 5.67 Å². The lowest BCUT2D eigenvalue weighted by molar-refractivity contribution is -0.132. The molecule has 0 aliphatic carbocycles. The lowest BCUT2D eigenvalue weighted by Crippen LogP contribution is -2.40. The van der Waals surface area contributed by atoms with Crippen LogP contribution in [0.25, 0.3) is 11.0 Å². The fourth-order valence-corrected chi connectivity index (χ4v) is 4.53. The summed E-state index contributed by atoms with van der Waals surface area (Å²) in [6.07, 6.45) is 4.53. The predicted octanol–water partition coefficient (Wildman–Crippen LogP) is 3.91. The van der Waals surface area contributed by atoms with E-state index in [9.17, 15) is 18.8 Å². The van der Waals surface area contributed by atoms with Crippen molar-refractivity contribution in [2.45, 2.75) is 51.6 Å². The second-order valence-electron chi connectivity index (χ2n) is 9.60. The van der Waals surface area contributed by atoms with Crippen molar-refractivity contribution < 1.29 is 14.0 Å². The minimum absolute atomic E-state index is 0.0569. The first kappa shape index (κ1) is 23.9. The van der Waals surface area contributed by atoms with E-state index in [0.29, 0.717) is 73.2 Å². The van der Waals surface area contributed by atoms with E-state index in [2.05, 4.69) is 9.97 Å². The number of alkyl halides is 1. The van der Waals surface area contributed by atoms with E-state index in [1.165, 1.54) is 13.8 Å². The molecule has 0 bridgehead atoms. The summed E-state index contributed by atoms with van der Waals surface area (Å²) in [6.45, 7) is 4.09. The van der Waals surface area contributed by atoms with Crippen molar-refractivity contribution in [3.8, 4) is 0 Å². The highest BCUT2D eigenvalue weighted by Crippen LogP contribution is 2.27. The van der Waals surface area contributed by atoms with Crippen LogP contribution >= 0.6 is 0 Å². The van der Waals surface area contributed by atoms with Gasteiger partial charge >= 0.3 is 0 Å². The number of amides is 1. The Balaban J connectivity index is 1.26. The minimum atomic E-state index is -1.44. The second-order valence-corrected chi connectivity index (χ2v) is 9.60. The second kappa shape index (κ2) is 9.52. The third kappa shape index (κ3) is 5.11. The van der Waals surface area contributed by atoms with Crippen LogP contribution in [0.2, 0.25) is 0 Å². The lowest BCUT2D eigenvalue weighted by atomic mass is 9.87. The molecule has 1 N–H and O–H groups in total. The van der Waals surface area contributed by atoms with Gasteiger partial charge in [-0.1, -0.05) is 24.3 Å². The monoisotopic (exact) mass is 466 g/mol. The van der Waals surface area contributed by atoms with Crippen LogP contribution in [0.3, 0.4) is 0 Å². The van der Waals surface area contributed by atoms with Crippen LogP contribution in [0.5, 0.6) is 0 Å². The van der Waals surface area contributed by atoms with Gasteiger partial charge in [0.25, 0.3) is 5.56 Å². The van der Waals surface area contributed by atoms with E-state index in [1.807, 2.05) is 11.9 Å². The van der Waals surface area contributed by atoms with Crippen LogP contribution in [-0.2, 0) is 23.9 Å². The first-order valence-electron chi connectivity index (χ1n) is 11.8. The van der Waals surface area contributed by atoms with Crippen LogP contribution in [0.15, 0.2) is 41.3 Å². The summed E-state index contributed by atoms with van der Waals surface area (Å²) in [5.41, 5.74) is 0.176. The molecule has 1 aliphatic rings. The third-order valence-electron chi connectivity index (χ3n) is 6.66. The Morgan fingerprint density at radius 1 is 1.15 bits per heavy atom. The number of benzene rings is 1. The van der Waals surface area contributed by atoms with Gasteiger partial charge in [0.1, 0.15) is 17.1 Å². The van der Waals surface area contributed by atoms with Gasteiger partial charge in [-0.3, -0.25) is 14.4 Å². The Hall–Kier alpha value is -3.29. The van der Waals surface area contributed by atoms with E-state index in [-0.39, 0.29) is 23.2 Å². The molecule has 2 aromatic heterocycles. The number of fused-ring (bicyclic) bond motifs is 1. The molecule has 0 unspecified atom stereocenters. The van der Waals surface area contributed by atoms with E-state index in [4.69, 9.17) is 0 Å². The smallest absolute Gasteiger partial charge is 0.260 e. The molecule has 34 heavy (non-hydrogen) atoms. The lowest BCUT2D eigenvalue weighted by Gasteiger charge is -2.31. The summed E-state index contributed by atoms with van der Waals surface area (Å²) >= 11 is 0. The molecule has 7 nitrogen and oxygen atoms in total. The Morgan fingerprint density at radius 2 is 1.82 bits per heavy atom. The Bertz CT molecular complexity index is 1250. The van der Waals surface area contributed by atoms with Crippen molar-refractivity contribution in [1.82, 2.24) is 19.4 Å². The van der Waals surface area contributed by atoms with Gasteiger partial charge < -0.3 is 14.5 Å². The number of piperidine rings is 1.